The van der Waals surface area contributed by atoms with E-state index in [0.717, 1.165) is 24.3 Å². The summed E-state index contributed by atoms with van der Waals surface area (Å²) in [6, 6.07) is 4.15. The molecule has 1 aromatic heterocycles. The van der Waals surface area contributed by atoms with Gasteiger partial charge in [0, 0.05) is 18.8 Å². The van der Waals surface area contributed by atoms with E-state index in [1.54, 1.807) is 6.20 Å². The van der Waals surface area contributed by atoms with Crippen LogP contribution in [0.2, 0.25) is 0 Å². The smallest absolute Gasteiger partial charge is 0.128 e. The summed E-state index contributed by atoms with van der Waals surface area (Å²) >= 11 is 0. The zero-order valence-corrected chi connectivity index (χ0v) is 10.7. The number of nitrogens with zero attached hydrogens (tertiary/aromatic N) is 1. The molecule has 3 nitrogen and oxygen atoms in total. The first-order valence-corrected chi connectivity index (χ1v) is 5.79. The highest BCUT2D eigenvalue weighted by molar-refractivity contribution is 5.42. The highest BCUT2D eigenvalue weighted by atomic mass is 15.0. The van der Waals surface area contributed by atoms with Gasteiger partial charge >= 0.3 is 0 Å². The van der Waals surface area contributed by atoms with Crippen LogP contribution in [-0.2, 0) is 0 Å². The molecule has 0 aliphatic rings. The molecule has 0 bridgehead atoms. The van der Waals surface area contributed by atoms with Crippen molar-refractivity contribution in [1.29, 1.82) is 0 Å². The molecule has 0 saturated carbocycles. The van der Waals surface area contributed by atoms with Gasteiger partial charge in [0.15, 0.2) is 0 Å². The maximum absolute atomic E-state index is 6.07. The topological polar surface area (TPSA) is 50.9 Å². The molecule has 1 atom stereocenters. The van der Waals surface area contributed by atoms with E-state index in [0.29, 0.717) is 0 Å². The van der Waals surface area contributed by atoms with E-state index >= 15 is 0 Å². The van der Waals surface area contributed by atoms with Crippen LogP contribution in [0.3, 0.4) is 0 Å². The number of hydrogen-bond acceptors (Lipinski definition) is 3. The zero-order valence-electron chi connectivity index (χ0n) is 10.7. The summed E-state index contributed by atoms with van der Waals surface area (Å²) < 4.78 is 0. The standard InChI is InChI=1S/C13H23N3/c1-10-6-5-7-15-12(10)16-9-11(14)8-13(2,3)4/h5-7,11H,8-9,14H2,1-4H3,(H,15,16). The van der Waals surface area contributed by atoms with E-state index in [2.05, 4.69) is 31.1 Å². The molecule has 1 aromatic rings. The maximum atomic E-state index is 6.07. The molecule has 16 heavy (non-hydrogen) atoms. The minimum Gasteiger partial charge on any atom is -0.368 e. The maximum Gasteiger partial charge on any atom is 0.128 e. The highest BCUT2D eigenvalue weighted by Crippen LogP contribution is 2.20. The second-order valence-electron chi connectivity index (χ2n) is 5.57. The summed E-state index contributed by atoms with van der Waals surface area (Å²) in [5.41, 5.74) is 7.50. The predicted molar refractivity (Wildman–Crippen MR) is 69.5 cm³/mol. The average molecular weight is 221 g/mol. The quantitative estimate of drug-likeness (QED) is 0.821. The lowest BCUT2D eigenvalue weighted by atomic mass is 9.88. The van der Waals surface area contributed by atoms with Crippen molar-refractivity contribution < 1.29 is 0 Å². The molecular weight excluding hydrogens is 198 g/mol. The second kappa shape index (κ2) is 5.30. The second-order valence-corrected chi connectivity index (χ2v) is 5.57. The third kappa shape index (κ3) is 4.62. The first kappa shape index (κ1) is 13.0. The lowest BCUT2D eigenvalue weighted by Crippen LogP contribution is -2.33. The number of anilines is 1. The molecule has 0 spiro atoms. The lowest BCUT2D eigenvalue weighted by molar-refractivity contribution is 0.344. The van der Waals surface area contributed by atoms with Crippen LogP contribution in [-0.4, -0.2) is 17.6 Å². The number of hydrogen-bond donors (Lipinski definition) is 2. The van der Waals surface area contributed by atoms with Gasteiger partial charge in [0.1, 0.15) is 5.82 Å². The molecule has 3 N–H and O–H groups in total. The van der Waals surface area contributed by atoms with Crippen LogP contribution in [0.4, 0.5) is 5.82 Å². The van der Waals surface area contributed by atoms with Crippen molar-refractivity contribution >= 4 is 5.82 Å². The largest absolute Gasteiger partial charge is 0.368 e. The van der Waals surface area contributed by atoms with E-state index in [-0.39, 0.29) is 11.5 Å². The van der Waals surface area contributed by atoms with Gasteiger partial charge in [-0.2, -0.15) is 0 Å². The van der Waals surface area contributed by atoms with Crippen molar-refractivity contribution in [3.05, 3.63) is 23.9 Å². The van der Waals surface area contributed by atoms with Crippen molar-refractivity contribution in [2.24, 2.45) is 11.1 Å². The molecule has 0 radical (unpaired) electrons. The van der Waals surface area contributed by atoms with Crippen molar-refractivity contribution in [2.45, 2.75) is 40.2 Å². The fourth-order valence-corrected chi connectivity index (χ4v) is 1.76. The van der Waals surface area contributed by atoms with Gasteiger partial charge in [-0.05, 0) is 30.4 Å². The Morgan fingerprint density at radius 1 is 1.44 bits per heavy atom. The minimum atomic E-state index is 0.168. The van der Waals surface area contributed by atoms with E-state index < -0.39 is 0 Å². The predicted octanol–water partition coefficient (Wildman–Crippen LogP) is 2.57. The van der Waals surface area contributed by atoms with Crippen molar-refractivity contribution in [1.82, 2.24) is 4.98 Å². The van der Waals surface area contributed by atoms with Crippen LogP contribution >= 0.6 is 0 Å². The summed E-state index contributed by atoms with van der Waals surface area (Å²) in [5.74, 6) is 0.937. The Hall–Kier alpha value is -1.09. The van der Waals surface area contributed by atoms with Crippen LogP contribution in [0.15, 0.2) is 18.3 Å². The molecule has 0 saturated heterocycles. The molecular formula is C13H23N3. The molecule has 0 aromatic carbocycles. The first-order valence-electron chi connectivity index (χ1n) is 5.79. The molecule has 90 valence electrons. The van der Waals surface area contributed by atoms with Crippen molar-refractivity contribution in [3.8, 4) is 0 Å². The first-order chi connectivity index (χ1) is 7.38. The molecule has 1 heterocycles. The Kier molecular flexibility index (Phi) is 4.30. The van der Waals surface area contributed by atoms with Gasteiger partial charge in [0.05, 0.1) is 0 Å². The van der Waals surface area contributed by atoms with Gasteiger partial charge in [0.25, 0.3) is 0 Å². The normalized spacial score (nSPS) is 13.6. The fourth-order valence-electron chi connectivity index (χ4n) is 1.76. The van der Waals surface area contributed by atoms with Gasteiger partial charge in [-0.25, -0.2) is 4.98 Å². The lowest BCUT2D eigenvalue weighted by Gasteiger charge is -2.23. The van der Waals surface area contributed by atoms with Crippen molar-refractivity contribution in [2.75, 3.05) is 11.9 Å². The van der Waals surface area contributed by atoms with Crippen LogP contribution in [0.5, 0.6) is 0 Å². The summed E-state index contributed by atoms with van der Waals surface area (Å²) in [5, 5.41) is 3.30. The third-order valence-corrected chi connectivity index (χ3v) is 2.42. The summed E-state index contributed by atoms with van der Waals surface area (Å²) in [7, 11) is 0. The SMILES string of the molecule is Cc1cccnc1NCC(N)CC(C)(C)C. The molecule has 0 amide bonds. The Bertz CT molecular complexity index is 328. The van der Waals surface area contributed by atoms with Gasteiger partial charge < -0.3 is 11.1 Å². The van der Waals surface area contributed by atoms with E-state index in [9.17, 15) is 0 Å². The molecule has 0 aliphatic carbocycles. The van der Waals surface area contributed by atoms with E-state index in [4.69, 9.17) is 5.73 Å². The fraction of sp³-hybridized carbons (Fsp3) is 0.615. The summed E-state index contributed by atoms with van der Waals surface area (Å²) in [4.78, 5) is 4.28. The Balaban J connectivity index is 2.43. The number of aromatic nitrogens is 1. The van der Waals surface area contributed by atoms with Crippen LogP contribution in [0.25, 0.3) is 0 Å². The highest BCUT2D eigenvalue weighted by Gasteiger charge is 2.15. The number of nitrogens with one attached hydrogen (secondary N) is 1. The molecule has 1 rings (SSSR count). The number of rotatable bonds is 4. The van der Waals surface area contributed by atoms with E-state index in [1.165, 1.54) is 0 Å². The van der Waals surface area contributed by atoms with Gasteiger partial charge in [-0.1, -0.05) is 26.8 Å². The summed E-state index contributed by atoms with van der Waals surface area (Å²) in [6.07, 6.45) is 2.80. The third-order valence-electron chi connectivity index (χ3n) is 2.42. The van der Waals surface area contributed by atoms with Gasteiger partial charge in [0.2, 0.25) is 0 Å². The Morgan fingerprint density at radius 2 is 2.12 bits per heavy atom. The van der Waals surface area contributed by atoms with Crippen LogP contribution < -0.4 is 11.1 Å². The molecule has 0 aliphatic heterocycles. The van der Waals surface area contributed by atoms with Crippen LogP contribution in [0, 0.1) is 12.3 Å². The van der Waals surface area contributed by atoms with E-state index in [1.807, 2.05) is 19.1 Å². The van der Waals surface area contributed by atoms with Crippen LogP contribution in [0.1, 0.15) is 32.8 Å². The summed E-state index contributed by atoms with van der Waals surface area (Å²) in [6.45, 7) is 9.44. The average Bonchev–Trinajstić information content (AvgIpc) is 2.14. The Labute approximate surface area is 98.5 Å². The van der Waals surface area contributed by atoms with Gasteiger partial charge in [-0.15, -0.1) is 0 Å². The number of pyridine rings is 1. The van der Waals surface area contributed by atoms with Crippen molar-refractivity contribution in [3.63, 3.8) is 0 Å². The monoisotopic (exact) mass is 221 g/mol. The molecule has 0 fully saturated rings. The Morgan fingerprint density at radius 3 is 2.69 bits per heavy atom. The van der Waals surface area contributed by atoms with Gasteiger partial charge in [-0.3, -0.25) is 0 Å². The molecule has 3 heteroatoms. The minimum absolute atomic E-state index is 0.168. The number of aryl methyl sites for hydroxylation is 1. The zero-order chi connectivity index (χ0) is 12.2. The number of nitrogens with two attached hydrogens (primary N) is 1. The molecule has 1 unspecified atom stereocenters.